The van der Waals surface area contributed by atoms with E-state index in [0.717, 1.165) is 12.8 Å². The molecule has 9 heteroatoms. The lowest BCUT2D eigenvalue weighted by molar-refractivity contribution is 0.0690. The molecule has 2 aromatic rings. The van der Waals surface area contributed by atoms with Gasteiger partial charge in [0.2, 0.25) is 5.16 Å². The Balaban J connectivity index is 1.88. The van der Waals surface area contributed by atoms with Crippen LogP contribution in [0, 0.1) is 0 Å². The summed E-state index contributed by atoms with van der Waals surface area (Å²) in [7, 11) is 0. The number of nitrogen functional groups attached to an aromatic ring is 1. The van der Waals surface area contributed by atoms with Gasteiger partial charge in [0.1, 0.15) is 10.7 Å². The molecule has 1 saturated carbocycles. The number of aromatic carboxylic acids is 1. The number of rotatable bonds is 4. The van der Waals surface area contributed by atoms with Gasteiger partial charge in [0.15, 0.2) is 0 Å². The van der Waals surface area contributed by atoms with Crippen LogP contribution in [0.2, 0.25) is 0 Å². The number of carboxylic acids is 1. The van der Waals surface area contributed by atoms with Crippen molar-refractivity contribution in [2.45, 2.75) is 41.9 Å². The van der Waals surface area contributed by atoms with Crippen molar-refractivity contribution >= 4 is 23.4 Å². The van der Waals surface area contributed by atoms with Gasteiger partial charge in [-0.3, -0.25) is 0 Å². The molecule has 110 valence electrons. The van der Waals surface area contributed by atoms with E-state index in [1.165, 1.54) is 36.7 Å². The molecule has 0 saturated heterocycles. The van der Waals surface area contributed by atoms with Crippen molar-refractivity contribution in [3.63, 3.8) is 0 Å². The Kier molecular flexibility index (Phi) is 3.74. The van der Waals surface area contributed by atoms with Gasteiger partial charge in [0.05, 0.1) is 11.7 Å². The highest BCUT2D eigenvalue weighted by Gasteiger charge is 2.23. The quantitative estimate of drug-likeness (QED) is 0.874. The van der Waals surface area contributed by atoms with E-state index in [1.807, 2.05) is 0 Å². The van der Waals surface area contributed by atoms with Crippen LogP contribution in [0.3, 0.4) is 0 Å². The molecule has 2 aromatic heterocycles. The Bertz CT molecular complexity index is 668. The Morgan fingerprint density at radius 2 is 2.14 bits per heavy atom. The number of hydrogen-bond acceptors (Lipinski definition) is 7. The molecule has 0 spiro atoms. The zero-order valence-corrected chi connectivity index (χ0v) is 12.0. The standard InChI is InChI=1S/C12H14N6O2S/c13-8-5-6-9(11(19)20)14-10(8)21-12-15-16-17-18(12)7-3-1-2-4-7/h5-7H,1-4,13H2,(H,19,20). The lowest BCUT2D eigenvalue weighted by Crippen LogP contribution is -2.09. The fourth-order valence-electron chi connectivity index (χ4n) is 2.37. The average molecular weight is 306 g/mol. The van der Waals surface area contributed by atoms with Crippen LogP contribution in [-0.4, -0.2) is 36.3 Å². The summed E-state index contributed by atoms with van der Waals surface area (Å²) < 4.78 is 1.78. The van der Waals surface area contributed by atoms with Gasteiger partial charge in [-0.2, -0.15) is 0 Å². The van der Waals surface area contributed by atoms with Crippen LogP contribution in [0.1, 0.15) is 42.2 Å². The highest BCUT2D eigenvalue weighted by atomic mass is 32.2. The molecule has 0 aliphatic heterocycles. The molecule has 0 aromatic carbocycles. The summed E-state index contributed by atoms with van der Waals surface area (Å²) in [5, 5.41) is 21.7. The van der Waals surface area contributed by atoms with Crippen molar-refractivity contribution in [3.8, 4) is 0 Å². The van der Waals surface area contributed by atoms with Crippen molar-refractivity contribution in [3.05, 3.63) is 17.8 Å². The van der Waals surface area contributed by atoms with E-state index in [2.05, 4.69) is 20.5 Å². The van der Waals surface area contributed by atoms with E-state index < -0.39 is 5.97 Å². The lowest BCUT2D eigenvalue weighted by Gasteiger charge is -2.11. The molecule has 0 amide bonds. The minimum Gasteiger partial charge on any atom is -0.477 e. The van der Waals surface area contributed by atoms with Crippen molar-refractivity contribution in [1.82, 2.24) is 25.2 Å². The van der Waals surface area contributed by atoms with E-state index in [4.69, 9.17) is 10.8 Å². The van der Waals surface area contributed by atoms with Crippen LogP contribution in [0.5, 0.6) is 0 Å². The summed E-state index contributed by atoms with van der Waals surface area (Å²) in [5.74, 6) is -1.09. The van der Waals surface area contributed by atoms with Gasteiger partial charge in [-0.15, -0.1) is 5.10 Å². The molecule has 8 nitrogen and oxygen atoms in total. The van der Waals surface area contributed by atoms with E-state index in [9.17, 15) is 4.79 Å². The lowest BCUT2D eigenvalue weighted by atomic mass is 10.3. The zero-order chi connectivity index (χ0) is 14.8. The fraction of sp³-hybridized carbons (Fsp3) is 0.417. The molecule has 1 fully saturated rings. The summed E-state index contributed by atoms with van der Waals surface area (Å²) in [6.07, 6.45) is 4.44. The largest absolute Gasteiger partial charge is 0.477 e. The summed E-state index contributed by atoms with van der Waals surface area (Å²) in [6, 6.07) is 3.20. The van der Waals surface area contributed by atoms with Gasteiger partial charge in [-0.1, -0.05) is 12.8 Å². The SMILES string of the molecule is Nc1ccc(C(=O)O)nc1Sc1nnnn1C1CCCC1. The zero-order valence-electron chi connectivity index (χ0n) is 11.1. The first-order valence-corrected chi connectivity index (χ1v) is 7.42. The predicted molar refractivity (Wildman–Crippen MR) is 75.1 cm³/mol. The Labute approximate surface area is 124 Å². The van der Waals surface area contributed by atoms with Crippen molar-refractivity contribution < 1.29 is 9.90 Å². The van der Waals surface area contributed by atoms with Gasteiger partial charge in [0, 0.05) is 0 Å². The first-order valence-electron chi connectivity index (χ1n) is 6.60. The van der Waals surface area contributed by atoms with Crippen molar-refractivity contribution in [2.75, 3.05) is 5.73 Å². The average Bonchev–Trinajstić information content (AvgIpc) is 3.11. The molecule has 3 rings (SSSR count). The molecule has 0 radical (unpaired) electrons. The number of tetrazole rings is 1. The van der Waals surface area contributed by atoms with Crippen LogP contribution in [-0.2, 0) is 0 Å². The summed E-state index contributed by atoms with van der Waals surface area (Å²) in [6.45, 7) is 0. The number of carboxylic acid groups (broad SMARTS) is 1. The van der Waals surface area contributed by atoms with Crippen LogP contribution in [0.15, 0.2) is 22.3 Å². The minimum atomic E-state index is -1.09. The number of anilines is 1. The van der Waals surface area contributed by atoms with Crippen LogP contribution in [0.4, 0.5) is 5.69 Å². The number of hydrogen-bond donors (Lipinski definition) is 2. The first kappa shape index (κ1) is 13.8. The van der Waals surface area contributed by atoms with Gasteiger partial charge in [-0.05, 0) is 47.2 Å². The van der Waals surface area contributed by atoms with Crippen LogP contribution < -0.4 is 5.73 Å². The summed E-state index contributed by atoms with van der Waals surface area (Å²) >= 11 is 1.19. The van der Waals surface area contributed by atoms with E-state index in [1.54, 1.807) is 4.68 Å². The minimum absolute atomic E-state index is 0.0495. The second kappa shape index (κ2) is 5.68. The molecule has 3 N–H and O–H groups in total. The second-order valence-corrected chi connectivity index (χ2v) is 5.80. The third-order valence-electron chi connectivity index (χ3n) is 3.43. The predicted octanol–water partition coefficient (Wildman–Crippen LogP) is 1.61. The molecular formula is C12H14N6O2S. The number of aromatic nitrogens is 5. The van der Waals surface area contributed by atoms with Gasteiger partial charge >= 0.3 is 5.97 Å². The maximum atomic E-state index is 11.0. The number of pyridine rings is 1. The van der Waals surface area contributed by atoms with Gasteiger partial charge in [0.25, 0.3) is 0 Å². The molecule has 0 atom stereocenters. The molecular weight excluding hydrogens is 292 g/mol. The number of nitrogens with two attached hydrogens (primary N) is 1. The maximum absolute atomic E-state index is 11.0. The molecule has 0 bridgehead atoms. The molecule has 1 aliphatic rings. The first-order chi connectivity index (χ1) is 10.1. The molecule has 1 aliphatic carbocycles. The molecule has 2 heterocycles. The topological polar surface area (TPSA) is 120 Å². The second-order valence-electron chi connectivity index (χ2n) is 4.84. The molecule has 21 heavy (non-hydrogen) atoms. The van der Waals surface area contributed by atoms with Crippen molar-refractivity contribution in [2.24, 2.45) is 0 Å². The normalized spacial score (nSPS) is 15.4. The fourth-order valence-corrected chi connectivity index (χ4v) is 3.23. The highest BCUT2D eigenvalue weighted by Crippen LogP contribution is 2.34. The third kappa shape index (κ3) is 2.82. The number of nitrogens with zero attached hydrogens (tertiary/aromatic N) is 5. The summed E-state index contributed by atoms with van der Waals surface area (Å²) in [5.41, 5.74) is 6.21. The van der Waals surface area contributed by atoms with Crippen molar-refractivity contribution in [1.29, 1.82) is 0 Å². The Hall–Kier alpha value is -2.16. The van der Waals surface area contributed by atoms with E-state index >= 15 is 0 Å². The Morgan fingerprint density at radius 1 is 1.38 bits per heavy atom. The van der Waals surface area contributed by atoms with E-state index in [0.29, 0.717) is 21.9 Å². The van der Waals surface area contributed by atoms with Crippen LogP contribution >= 0.6 is 11.8 Å². The summed E-state index contributed by atoms with van der Waals surface area (Å²) in [4.78, 5) is 15.0. The Morgan fingerprint density at radius 3 is 2.86 bits per heavy atom. The van der Waals surface area contributed by atoms with Gasteiger partial charge in [-0.25, -0.2) is 14.5 Å². The highest BCUT2D eigenvalue weighted by molar-refractivity contribution is 7.99. The van der Waals surface area contributed by atoms with Crippen LogP contribution in [0.25, 0.3) is 0 Å². The van der Waals surface area contributed by atoms with E-state index in [-0.39, 0.29) is 5.69 Å². The number of carbonyl (C=O) groups is 1. The maximum Gasteiger partial charge on any atom is 0.354 e. The smallest absolute Gasteiger partial charge is 0.354 e. The monoisotopic (exact) mass is 306 g/mol. The molecule has 0 unspecified atom stereocenters. The third-order valence-corrected chi connectivity index (χ3v) is 4.40. The van der Waals surface area contributed by atoms with Gasteiger partial charge < -0.3 is 10.8 Å².